The second kappa shape index (κ2) is 5.22. The number of fused-ring (bicyclic) bond motifs is 2. The van der Waals surface area contributed by atoms with Gasteiger partial charge >= 0.3 is 6.09 Å². The molecule has 0 spiro atoms. The minimum absolute atomic E-state index is 0.0121. The maximum Gasteiger partial charge on any atom is 0.410 e. The molecule has 104 valence electrons. The van der Waals surface area contributed by atoms with Crippen LogP contribution in [0.3, 0.4) is 0 Å². The molecule has 2 fully saturated rings. The molecular weight excluding hydrogens is 244 g/mol. The largest absolute Gasteiger partial charge is 0.444 e. The van der Waals surface area contributed by atoms with Crippen LogP contribution in [0.4, 0.5) is 4.79 Å². The summed E-state index contributed by atoms with van der Waals surface area (Å²) in [6.45, 7) is 6.61. The molecule has 5 heteroatoms. The van der Waals surface area contributed by atoms with Crippen LogP contribution in [0.15, 0.2) is 11.6 Å². The van der Waals surface area contributed by atoms with E-state index in [1.807, 2.05) is 20.8 Å². The highest BCUT2D eigenvalue weighted by Crippen LogP contribution is 2.32. The van der Waals surface area contributed by atoms with Crippen LogP contribution in [0.1, 0.15) is 33.6 Å². The van der Waals surface area contributed by atoms with Gasteiger partial charge in [0.15, 0.2) is 0 Å². The molecule has 2 heterocycles. The number of rotatable bonds is 0. The molecule has 0 aromatic rings. The van der Waals surface area contributed by atoms with Crippen molar-refractivity contribution in [3.05, 3.63) is 11.6 Å². The Labute approximate surface area is 113 Å². The maximum atomic E-state index is 12.3. The zero-order chi connectivity index (χ0) is 14.0. The first kappa shape index (κ1) is 13.9. The number of allylic oxidation sites excluding steroid dienone is 1. The predicted octanol–water partition coefficient (Wildman–Crippen LogP) is 2.23. The van der Waals surface area contributed by atoms with E-state index in [1.165, 1.54) is 0 Å². The molecule has 2 saturated heterocycles. The lowest BCUT2D eigenvalue weighted by molar-refractivity contribution is -0.0692. The molecule has 2 atom stereocenters. The number of morpholine rings is 1. The number of amides is 1. The van der Waals surface area contributed by atoms with Crippen molar-refractivity contribution in [3.8, 4) is 6.07 Å². The van der Waals surface area contributed by atoms with Crippen molar-refractivity contribution >= 4 is 6.09 Å². The number of ether oxygens (including phenoxy) is 2. The highest BCUT2D eigenvalue weighted by molar-refractivity contribution is 5.69. The average Bonchev–Trinajstić information content (AvgIpc) is 2.25. The summed E-state index contributed by atoms with van der Waals surface area (Å²) >= 11 is 0. The lowest BCUT2D eigenvalue weighted by Gasteiger charge is -2.46. The van der Waals surface area contributed by atoms with Gasteiger partial charge in [-0.3, -0.25) is 4.90 Å². The molecule has 2 aliphatic heterocycles. The SMILES string of the molecule is CC(C)(C)OC(=O)N1C2COCC1CC(=CC#N)C2. The molecule has 0 saturated carbocycles. The van der Waals surface area contributed by atoms with Crippen LogP contribution in [-0.4, -0.2) is 41.9 Å². The van der Waals surface area contributed by atoms with Crippen molar-refractivity contribution in [2.24, 2.45) is 0 Å². The first-order chi connectivity index (χ1) is 8.90. The third-order valence-electron chi connectivity index (χ3n) is 3.28. The zero-order valence-corrected chi connectivity index (χ0v) is 11.7. The molecule has 2 rings (SSSR count). The van der Waals surface area contributed by atoms with Crippen LogP contribution in [0, 0.1) is 11.3 Å². The molecule has 0 aromatic heterocycles. The Bertz CT molecular complexity index is 415. The van der Waals surface area contributed by atoms with Crippen molar-refractivity contribution < 1.29 is 14.3 Å². The Morgan fingerprint density at radius 3 is 2.47 bits per heavy atom. The lowest BCUT2D eigenvalue weighted by atomic mass is 9.90. The van der Waals surface area contributed by atoms with Gasteiger partial charge in [-0.25, -0.2) is 4.79 Å². The van der Waals surface area contributed by atoms with Gasteiger partial charge in [0.2, 0.25) is 0 Å². The summed E-state index contributed by atoms with van der Waals surface area (Å²) in [5.74, 6) is 0. The predicted molar refractivity (Wildman–Crippen MR) is 69.4 cm³/mol. The van der Waals surface area contributed by atoms with Gasteiger partial charge in [0.25, 0.3) is 0 Å². The summed E-state index contributed by atoms with van der Waals surface area (Å²) in [6, 6.07) is 2.05. The smallest absolute Gasteiger partial charge is 0.410 e. The monoisotopic (exact) mass is 264 g/mol. The van der Waals surface area contributed by atoms with Gasteiger partial charge in [-0.2, -0.15) is 5.26 Å². The molecule has 2 aliphatic rings. The number of carbonyl (C=O) groups is 1. The van der Waals surface area contributed by atoms with Crippen LogP contribution in [0.2, 0.25) is 0 Å². The van der Waals surface area contributed by atoms with E-state index in [0.29, 0.717) is 26.1 Å². The topological polar surface area (TPSA) is 62.6 Å². The molecular formula is C14H20N2O3. The number of nitriles is 1. The lowest BCUT2D eigenvalue weighted by Crippen LogP contribution is -2.58. The van der Waals surface area contributed by atoms with E-state index < -0.39 is 5.60 Å². The van der Waals surface area contributed by atoms with Crippen molar-refractivity contribution in [2.45, 2.75) is 51.3 Å². The Morgan fingerprint density at radius 2 is 2.00 bits per heavy atom. The fraction of sp³-hybridized carbons (Fsp3) is 0.714. The maximum absolute atomic E-state index is 12.3. The van der Waals surface area contributed by atoms with E-state index in [2.05, 4.69) is 6.07 Å². The Balaban J connectivity index is 2.12. The first-order valence-corrected chi connectivity index (χ1v) is 6.57. The minimum atomic E-state index is -0.491. The fourth-order valence-corrected chi connectivity index (χ4v) is 2.62. The first-order valence-electron chi connectivity index (χ1n) is 6.57. The van der Waals surface area contributed by atoms with Crippen LogP contribution in [-0.2, 0) is 9.47 Å². The molecule has 0 N–H and O–H groups in total. The van der Waals surface area contributed by atoms with Gasteiger partial charge in [0, 0.05) is 6.08 Å². The van der Waals surface area contributed by atoms with Crippen molar-refractivity contribution in [3.63, 3.8) is 0 Å². The summed E-state index contributed by atoms with van der Waals surface area (Å²) in [5.41, 5.74) is 0.607. The molecule has 2 bridgehead atoms. The van der Waals surface area contributed by atoms with E-state index in [1.54, 1.807) is 11.0 Å². The zero-order valence-electron chi connectivity index (χ0n) is 11.7. The minimum Gasteiger partial charge on any atom is -0.444 e. The van der Waals surface area contributed by atoms with E-state index in [9.17, 15) is 4.79 Å². The van der Waals surface area contributed by atoms with E-state index in [0.717, 1.165) is 5.57 Å². The van der Waals surface area contributed by atoms with E-state index >= 15 is 0 Å². The molecule has 0 aliphatic carbocycles. The Morgan fingerprint density at radius 1 is 1.42 bits per heavy atom. The number of hydrogen-bond acceptors (Lipinski definition) is 4. The summed E-state index contributed by atoms with van der Waals surface area (Å²) in [7, 11) is 0. The summed E-state index contributed by atoms with van der Waals surface area (Å²) in [5, 5.41) is 8.75. The van der Waals surface area contributed by atoms with Gasteiger partial charge < -0.3 is 9.47 Å². The second-order valence-electron chi connectivity index (χ2n) is 6.07. The summed E-state index contributed by atoms with van der Waals surface area (Å²) in [4.78, 5) is 14.1. The van der Waals surface area contributed by atoms with Crippen molar-refractivity contribution in [2.75, 3.05) is 13.2 Å². The molecule has 0 radical (unpaired) electrons. The second-order valence-corrected chi connectivity index (χ2v) is 6.07. The normalized spacial score (nSPS) is 26.6. The molecule has 1 amide bonds. The van der Waals surface area contributed by atoms with Crippen LogP contribution >= 0.6 is 0 Å². The van der Waals surface area contributed by atoms with Crippen LogP contribution < -0.4 is 0 Å². The highest BCUT2D eigenvalue weighted by Gasteiger charge is 2.41. The quantitative estimate of drug-likeness (QED) is 0.629. The van der Waals surface area contributed by atoms with Gasteiger partial charge in [-0.1, -0.05) is 5.57 Å². The van der Waals surface area contributed by atoms with Crippen LogP contribution in [0.25, 0.3) is 0 Å². The van der Waals surface area contributed by atoms with E-state index in [4.69, 9.17) is 14.7 Å². The fourth-order valence-electron chi connectivity index (χ4n) is 2.62. The summed E-state index contributed by atoms with van der Waals surface area (Å²) < 4.78 is 11.0. The number of nitrogens with zero attached hydrogens (tertiary/aromatic N) is 2. The van der Waals surface area contributed by atoms with E-state index in [-0.39, 0.29) is 18.2 Å². The molecule has 2 unspecified atom stereocenters. The van der Waals surface area contributed by atoms with Crippen LogP contribution in [0.5, 0.6) is 0 Å². The molecule has 5 nitrogen and oxygen atoms in total. The molecule has 19 heavy (non-hydrogen) atoms. The Hall–Kier alpha value is -1.54. The Kier molecular flexibility index (Phi) is 3.81. The molecule has 0 aromatic carbocycles. The number of carbonyl (C=O) groups excluding carboxylic acids is 1. The van der Waals surface area contributed by atoms with Crippen molar-refractivity contribution in [1.29, 1.82) is 5.26 Å². The van der Waals surface area contributed by atoms with Gasteiger partial charge in [-0.15, -0.1) is 0 Å². The highest BCUT2D eigenvalue weighted by atomic mass is 16.6. The average molecular weight is 264 g/mol. The summed E-state index contributed by atoms with van der Waals surface area (Å²) in [6.07, 6.45) is 2.71. The van der Waals surface area contributed by atoms with Gasteiger partial charge in [0.05, 0.1) is 31.4 Å². The third kappa shape index (κ3) is 3.27. The standard InChI is InChI=1S/C14H20N2O3/c1-14(2,3)19-13(17)16-11-6-10(4-5-15)7-12(16)9-18-8-11/h4,11-12H,6-9H2,1-3H3. The third-order valence-corrected chi connectivity index (χ3v) is 3.28. The number of hydrogen-bond donors (Lipinski definition) is 0. The van der Waals surface area contributed by atoms with Crippen molar-refractivity contribution in [1.82, 2.24) is 4.90 Å². The number of piperidine rings is 1. The van der Waals surface area contributed by atoms with Gasteiger partial charge in [-0.05, 0) is 33.6 Å². The van der Waals surface area contributed by atoms with Gasteiger partial charge in [0.1, 0.15) is 5.60 Å².